The highest BCUT2D eigenvalue weighted by atomic mass is 32.2. The first-order valence-corrected chi connectivity index (χ1v) is 12.2. The summed E-state index contributed by atoms with van der Waals surface area (Å²) in [6.07, 6.45) is 2.88. The van der Waals surface area contributed by atoms with Crippen molar-refractivity contribution in [2.75, 3.05) is 44.9 Å². The molecule has 4 heterocycles. The van der Waals surface area contributed by atoms with Gasteiger partial charge in [0.1, 0.15) is 5.52 Å². The minimum Gasteiger partial charge on any atom is -0.440 e. The second kappa shape index (κ2) is 8.80. The molecular formula is C22H29N5O3S. The first-order chi connectivity index (χ1) is 15.1. The Balaban J connectivity index is 1.18. The van der Waals surface area contributed by atoms with Gasteiger partial charge < -0.3 is 20.0 Å². The predicted molar refractivity (Wildman–Crippen MR) is 120 cm³/mol. The fourth-order valence-electron chi connectivity index (χ4n) is 4.91. The minimum absolute atomic E-state index is 0.0343. The number of rotatable bonds is 4. The van der Waals surface area contributed by atoms with Gasteiger partial charge in [-0.15, -0.1) is 11.8 Å². The Morgan fingerprint density at radius 2 is 2.10 bits per heavy atom. The van der Waals surface area contributed by atoms with Gasteiger partial charge in [-0.1, -0.05) is 0 Å². The molecule has 1 aromatic heterocycles. The molecule has 5 rings (SSSR count). The molecule has 0 unspecified atom stereocenters. The van der Waals surface area contributed by atoms with Gasteiger partial charge in [0.05, 0.1) is 11.9 Å². The number of amides is 2. The van der Waals surface area contributed by atoms with Crippen LogP contribution >= 0.6 is 11.8 Å². The quantitative estimate of drug-likeness (QED) is 0.742. The minimum atomic E-state index is -0.120. The van der Waals surface area contributed by atoms with Crippen LogP contribution in [-0.4, -0.2) is 83.5 Å². The van der Waals surface area contributed by atoms with Crippen LogP contribution in [0.1, 0.15) is 41.4 Å². The molecule has 31 heavy (non-hydrogen) atoms. The van der Waals surface area contributed by atoms with E-state index in [1.54, 1.807) is 19.2 Å². The summed E-state index contributed by atoms with van der Waals surface area (Å²) in [4.78, 5) is 33.7. The molecule has 2 aromatic rings. The topological polar surface area (TPSA) is 90.7 Å². The fraction of sp³-hybridized carbons (Fsp3) is 0.591. The van der Waals surface area contributed by atoms with Crippen LogP contribution in [0, 0.1) is 0 Å². The Morgan fingerprint density at radius 3 is 2.84 bits per heavy atom. The lowest BCUT2D eigenvalue weighted by Crippen LogP contribution is -2.42. The number of aromatic nitrogens is 1. The number of likely N-dealkylation sites (tertiary alicyclic amines) is 1. The van der Waals surface area contributed by atoms with E-state index in [1.807, 2.05) is 22.7 Å². The smallest absolute Gasteiger partial charge is 0.251 e. The average Bonchev–Trinajstić information content (AvgIpc) is 3.58. The van der Waals surface area contributed by atoms with Crippen LogP contribution in [0.3, 0.4) is 0 Å². The molecule has 0 spiro atoms. The molecule has 0 bridgehead atoms. The maximum absolute atomic E-state index is 12.7. The number of carbonyl (C=O) groups is 2. The van der Waals surface area contributed by atoms with Crippen LogP contribution in [0.2, 0.25) is 0 Å². The van der Waals surface area contributed by atoms with Gasteiger partial charge >= 0.3 is 0 Å². The Hall–Kier alpha value is -2.10. The molecule has 3 aliphatic heterocycles. The van der Waals surface area contributed by atoms with E-state index in [0.29, 0.717) is 17.5 Å². The fourth-order valence-corrected chi connectivity index (χ4v) is 5.86. The predicted octanol–water partition coefficient (Wildman–Crippen LogP) is 1.63. The van der Waals surface area contributed by atoms with E-state index in [0.717, 1.165) is 74.1 Å². The summed E-state index contributed by atoms with van der Waals surface area (Å²) in [6.45, 7) is 3.74. The summed E-state index contributed by atoms with van der Waals surface area (Å²) < 4.78 is 6.02. The summed E-state index contributed by atoms with van der Waals surface area (Å²) >= 11 is 1.83. The van der Waals surface area contributed by atoms with Gasteiger partial charge in [-0.2, -0.15) is 0 Å². The summed E-state index contributed by atoms with van der Waals surface area (Å²) in [5.41, 5.74) is 2.06. The summed E-state index contributed by atoms with van der Waals surface area (Å²) in [6, 6.07) is 5.77. The lowest BCUT2D eigenvalue weighted by atomic mass is 9.95. The SMILES string of the molecule is CNC(=O)c1ccc2oc(C3CCN([C@@H]4CN[C@H](C(=O)N5CCSC5)C4)CC3)nc2c1. The maximum Gasteiger partial charge on any atom is 0.251 e. The number of nitrogens with zero attached hydrogens (tertiary/aromatic N) is 3. The monoisotopic (exact) mass is 443 g/mol. The van der Waals surface area contributed by atoms with Crippen LogP contribution in [0.5, 0.6) is 0 Å². The number of piperidine rings is 1. The van der Waals surface area contributed by atoms with Crippen LogP contribution in [0.4, 0.5) is 0 Å². The zero-order chi connectivity index (χ0) is 21.4. The first-order valence-electron chi connectivity index (χ1n) is 11.1. The molecule has 2 atom stereocenters. The first kappa shape index (κ1) is 20.8. The molecule has 1 aromatic carbocycles. The van der Waals surface area contributed by atoms with Gasteiger partial charge in [0, 0.05) is 43.4 Å². The molecule has 2 amide bonds. The molecule has 0 saturated carbocycles. The van der Waals surface area contributed by atoms with Crippen molar-refractivity contribution >= 4 is 34.7 Å². The number of nitrogens with one attached hydrogen (secondary N) is 2. The molecule has 8 nitrogen and oxygen atoms in total. The van der Waals surface area contributed by atoms with Crippen molar-refractivity contribution in [2.24, 2.45) is 0 Å². The molecule has 3 aliphatic rings. The second-order valence-corrected chi connectivity index (χ2v) is 9.69. The molecule has 2 N–H and O–H groups in total. The van der Waals surface area contributed by atoms with Gasteiger partial charge in [-0.3, -0.25) is 14.5 Å². The highest BCUT2D eigenvalue weighted by molar-refractivity contribution is 7.99. The van der Waals surface area contributed by atoms with Gasteiger partial charge in [-0.05, 0) is 50.6 Å². The second-order valence-electron chi connectivity index (χ2n) is 8.61. The van der Waals surface area contributed by atoms with E-state index in [-0.39, 0.29) is 17.9 Å². The van der Waals surface area contributed by atoms with E-state index >= 15 is 0 Å². The van der Waals surface area contributed by atoms with E-state index in [2.05, 4.69) is 20.5 Å². The van der Waals surface area contributed by atoms with Gasteiger partial charge in [0.15, 0.2) is 11.5 Å². The molecule has 3 fully saturated rings. The summed E-state index contributed by atoms with van der Waals surface area (Å²) in [7, 11) is 1.62. The van der Waals surface area contributed by atoms with Crippen molar-refractivity contribution in [1.29, 1.82) is 0 Å². The lowest BCUT2D eigenvalue weighted by molar-refractivity contribution is -0.131. The Morgan fingerprint density at radius 1 is 1.26 bits per heavy atom. The van der Waals surface area contributed by atoms with Crippen molar-refractivity contribution in [3.05, 3.63) is 29.7 Å². The van der Waals surface area contributed by atoms with Crippen LogP contribution in [0.15, 0.2) is 22.6 Å². The van der Waals surface area contributed by atoms with Crippen molar-refractivity contribution < 1.29 is 14.0 Å². The van der Waals surface area contributed by atoms with Crippen LogP contribution in [0.25, 0.3) is 11.1 Å². The Labute approximate surface area is 186 Å². The van der Waals surface area contributed by atoms with E-state index in [9.17, 15) is 9.59 Å². The molecule has 0 radical (unpaired) electrons. The number of thioether (sulfide) groups is 1. The van der Waals surface area contributed by atoms with Crippen molar-refractivity contribution in [3.63, 3.8) is 0 Å². The summed E-state index contributed by atoms with van der Waals surface area (Å²) in [5.74, 6) is 3.10. The van der Waals surface area contributed by atoms with Crippen molar-refractivity contribution in [1.82, 2.24) is 25.4 Å². The Bertz CT molecular complexity index is 965. The third-order valence-electron chi connectivity index (χ3n) is 6.76. The van der Waals surface area contributed by atoms with Crippen molar-refractivity contribution in [2.45, 2.75) is 37.3 Å². The Kier molecular flexibility index (Phi) is 5.90. The third-order valence-corrected chi connectivity index (χ3v) is 7.72. The van der Waals surface area contributed by atoms with Gasteiger partial charge in [-0.25, -0.2) is 4.98 Å². The number of hydrogen-bond donors (Lipinski definition) is 2. The third kappa shape index (κ3) is 4.18. The normalized spacial score (nSPS) is 25.4. The van der Waals surface area contributed by atoms with E-state index in [4.69, 9.17) is 4.42 Å². The molecule has 0 aliphatic carbocycles. The van der Waals surface area contributed by atoms with Crippen molar-refractivity contribution in [3.8, 4) is 0 Å². The van der Waals surface area contributed by atoms with E-state index < -0.39 is 0 Å². The largest absolute Gasteiger partial charge is 0.440 e. The number of carbonyl (C=O) groups excluding carboxylic acids is 2. The zero-order valence-corrected chi connectivity index (χ0v) is 18.6. The number of oxazole rings is 1. The summed E-state index contributed by atoms with van der Waals surface area (Å²) in [5, 5.41) is 6.10. The number of fused-ring (bicyclic) bond motifs is 1. The zero-order valence-electron chi connectivity index (χ0n) is 17.8. The lowest BCUT2D eigenvalue weighted by Gasteiger charge is -2.34. The highest BCUT2D eigenvalue weighted by Crippen LogP contribution is 2.32. The molecular weight excluding hydrogens is 414 g/mol. The highest BCUT2D eigenvalue weighted by Gasteiger charge is 2.37. The number of hydrogen-bond acceptors (Lipinski definition) is 7. The molecule has 166 valence electrons. The molecule has 9 heteroatoms. The maximum atomic E-state index is 12.7. The van der Waals surface area contributed by atoms with Crippen LogP contribution < -0.4 is 10.6 Å². The van der Waals surface area contributed by atoms with Gasteiger partial charge in [0.25, 0.3) is 5.91 Å². The van der Waals surface area contributed by atoms with E-state index in [1.165, 1.54) is 0 Å². The molecule has 3 saturated heterocycles. The number of benzene rings is 1. The average molecular weight is 444 g/mol. The standard InChI is InChI=1S/C22H29N5O3S/c1-23-20(28)15-2-3-19-17(10-15)25-21(30-19)14-4-6-26(7-5-14)16-11-18(24-12-16)22(29)27-8-9-31-13-27/h2-3,10,14,16,18,24H,4-9,11-13H2,1H3,(H,23,28)/t16-,18-/m0/s1. The van der Waals surface area contributed by atoms with Crippen LogP contribution in [-0.2, 0) is 4.79 Å². The van der Waals surface area contributed by atoms with Gasteiger partial charge in [0.2, 0.25) is 5.91 Å².